The van der Waals surface area contributed by atoms with Gasteiger partial charge in [0.05, 0.1) is 28.6 Å². The van der Waals surface area contributed by atoms with Gasteiger partial charge in [0.2, 0.25) is 0 Å². The predicted octanol–water partition coefficient (Wildman–Crippen LogP) is 3.88. The number of aryl methyl sites for hydroxylation is 1. The molecule has 6 heteroatoms. The molecular formula is C22H17N3O3. The molecule has 0 aliphatic rings. The number of aromatic nitrogens is 1. The van der Waals surface area contributed by atoms with Gasteiger partial charge >= 0.3 is 0 Å². The Balaban J connectivity index is 1.67. The lowest BCUT2D eigenvalue weighted by molar-refractivity contribution is 0.0847. The number of hydrazine groups is 1. The van der Waals surface area contributed by atoms with Gasteiger partial charge in [0, 0.05) is 10.9 Å². The minimum absolute atomic E-state index is 0.320. The summed E-state index contributed by atoms with van der Waals surface area (Å²) >= 11 is 0. The molecule has 4 rings (SSSR count). The van der Waals surface area contributed by atoms with Crippen LogP contribution in [0.2, 0.25) is 0 Å². The van der Waals surface area contributed by atoms with Crippen molar-refractivity contribution in [3.8, 4) is 11.3 Å². The van der Waals surface area contributed by atoms with E-state index in [1.165, 1.54) is 18.6 Å². The number of amides is 2. The van der Waals surface area contributed by atoms with Gasteiger partial charge in [-0.2, -0.15) is 0 Å². The third-order valence-electron chi connectivity index (χ3n) is 4.38. The lowest BCUT2D eigenvalue weighted by Gasteiger charge is -2.11. The van der Waals surface area contributed by atoms with Gasteiger partial charge in [0.15, 0.2) is 0 Å². The van der Waals surface area contributed by atoms with E-state index in [1.54, 1.807) is 6.07 Å². The first-order valence-electron chi connectivity index (χ1n) is 8.71. The number of rotatable bonds is 3. The maximum absolute atomic E-state index is 12.8. The van der Waals surface area contributed by atoms with Crippen molar-refractivity contribution >= 4 is 22.7 Å². The number of benzene rings is 2. The summed E-state index contributed by atoms with van der Waals surface area (Å²) in [6.45, 7) is 2.01. The van der Waals surface area contributed by atoms with E-state index in [2.05, 4.69) is 15.8 Å². The van der Waals surface area contributed by atoms with Crippen LogP contribution in [0.5, 0.6) is 0 Å². The first kappa shape index (κ1) is 17.5. The molecule has 0 atom stereocenters. The highest BCUT2D eigenvalue weighted by Gasteiger charge is 2.15. The van der Waals surface area contributed by atoms with E-state index in [9.17, 15) is 9.59 Å². The minimum atomic E-state index is -0.459. The normalized spacial score (nSPS) is 10.6. The SMILES string of the molecule is Cc1ccc(-c2cc(C(=O)NNC(=O)c3ccoc3)c3ccccc3n2)cc1. The van der Waals surface area contributed by atoms with Crippen molar-refractivity contribution < 1.29 is 14.0 Å². The number of hydrogen-bond donors (Lipinski definition) is 2. The zero-order valence-electron chi connectivity index (χ0n) is 15.1. The van der Waals surface area contributed by atoms with Gasteiger partial charge in [-0.05, 0) is 25.1 Å². The summed E-state index contributed by atoms with van der Waals surface area (Å²) in [7, 11) is 0. The monoisotopic (exact) mass is 371 g/mol. The van der Waals surface area contributed by atoms with E-state index in [4.69, 9.17) is 4.42 Å². The number of carbonyl (C=O) groups is 2. The van der Waals surface area contributed by atoms with Gasteiger partial charge in [-0.1, -0.05) is 48.0 Å². The fourth-order valence-corrected chi connectivity index (χ4v) is 2.88. The molecule has 138 valence electrons. The van der Waals surface area contributed by atoms with Crippen molar-refractivity contribution in [2.75, 3.05) is 0 Å². The van der Waals surface area contributed by atoms with E-state index in [1.807, 2.05) is 55.5 Å². The summed E-state index contributed by atoms with van der Waals surface area (Å²) in [5.41, 5.74) is 9.04. The number of hydrogen-bond acceptors (Lipinski definition) is 4. The number of nitrogens with one attached hydrogen (secondary N) is 2. The largest absolute Gasteiger partial charge is 0.472 e. The number of para-hydroxylation sites is 1. The van der Waals surface area contributed by atoms with Gasteiger partial charge in [-0.15, -0.1) is 0 Å². The topological polar surface area (TPSA) is 84.2 Å². The fraction of sp³-hybridized carbons (Fsp3) is 0.0455. The first-order valence-corrected chi connectivity index (χ1v) is 8.71. The highest BCUT2D eigenvalue weighted by molar-refractivity contribution is 6.08. The minimum Gasteiger partial charge on any atom is -0.472 e. The van der Waals surface area contributed by atoms with E-state index >= 15 is 0 Å². The summed E-state index contributed by atoms with van der Waals surface area (Å²) < 4.78 is 4.88. The van der Waals surface area contributed by atoms with Crippen LogP contribution in [0.4, 0.5) is 0 Å². The maximum atomic E-state index is 12.8. The second kappa shape index (κ2) is 7.36. The Labute approximate surface area is 161 Å². The highest BCUT2D eigenvalue weighted by atomic mass is 16.3. The van der Waals surface area contributed by atoms with Crippen LogP contribution >= 0.6 is 0 Å². The molecule has 2 heterocycles. The van der Waals surface area contributed by atoms with Gasteiger partial charge in [-0.3, -0.25) is 20.4 Å². The molecule has 0 unspecified atom stereocenters. The molecule has 0 bridgehead atoms. The molecule has 2 amide bonds. The van der Waals surface area contributed by atoms with E-state index < -0.39 is 11.8 Å². The Bertz CT molecular complexity index is 1150. The zero-order valence-corrected chi connectivity index (χ0v) is 15.1. The Hall–Kier alpha value is -3.93. The van der Waals surface area contributed by atoms with Crippen LogP contribution in [0.15, 0.2) is 77.6 Å². The van der Waals surface area contributed by atoms with Gasteiger partial charge in [0.1, 0.15) is 6.26 Å². The number of pyridine rings is 1. The zero-order chi connectivity index (χ0) is 19.5. The summed E-state index contributed by atoms with van der Waals surface area (Å²) in [6, 6.07) is 18.6. The Morgan fingerprint density at radius 1 is 0.929 bits per heavy atom. The average molecular weight is 371 g/mol. The summed E-state index contributed by atoms with van der Waals surface area (Å²) in [5.74, 6) is -0.886. The van der Waals surface area contributed by atoms with Gasteiger partial charge in [-0.25, -0.2) is 4.98 Å². The second-order valence-electron chi connectivity index (χ2n) is 6.36. The van der Waals surface area contributed by atoms with E-state index in [-0.39, 0.29) is 0 Å². The molecule has 0 spiro atoms. The first-order chi connectivity index (χ1) is 13.6. The summed E-state index contributed by atoms with van der Waals surface area (Å²) in [5, 5.41) is 0.702. The van der Waals surface area contributed by atoms with Crippen LogP contribution < -0.4 is 10.9 Å². The Morgan fingerprint density at radius 2 is 1.68 bits per heavy atom. The molecule has 2 aromatic carbocycles. The lowest BCUT2D eigenvalue weighted by Crippen LogP contribution is -2.41. The predicted molar refractivity (Wildman–Crippen MR) is 106 cm³/mol. The Kier molecular flexibility index (Phi) is 4.60. The molecule has 0 aliphatic carbocycles. The van der Waals surface area contributed by atoms with Crippen LogP contribution in [-0.4, -0.2) is 16.8 Å². The van der Waals surface area contributed by atoms with Crippen LogP contribution in [0.25, 0.3) is 22.2 Å². The summed E-state index contributed by atoms with van der Waals surface area (Å²) in [6.07, 6.45) is 2.69. The lowest BCUT2D eigenvalue weighted by atomic mass is 10.0. The molecule has 0 radical (unpaired) electrons. The number of carbonyl (C=O) groups excluding carboxylic acids is 2. The highest BCUT2D eigenvalue weighted by Crippen LogP contribution is 2.25. The van der Waals surface area contributed by atoms with Crippen molar-refractivity contribution in [3.05, 3.63) is 89.9 Å². The fourth-order valence-electron chi connectivity index (χ4n) is 2.88. The molecule has 2 aromatic heterocycles. The van der Waals surface area contributed by atoms with Crippen molar-refractivity contribution in [3.63, 3.8) is 0 Å². The van der Waals surface area contributed by atoms with Gasteiger partial charge < -0.3 is 4.42 Å². The molecule has 4 aromatic rings. The second-order valence-corrected chi connectivity index (χ2v) is 6.36. The van der Waals surface area contributed by atoms with Crippen molar-refractivity contribution in [2.24, 2.45) is 0 Å². The number of nitrogens with zero attached hydrogens (tertiary/aromatic N) is 1. The Morgan fingerprint density at radius 3 is 2.43 bits per heavy atom. The van der Waals surface area contributed by atoms with Crippen LogP contribution in [0, 0.1) is 6.92 Å². The van der Waals surface area contributed by atoms with Crippen LogP contribution in [-0.2, 0) is 0 Å². The van der Waals surface area contributed by atoms with E-state index in [0.717, 1.165) is 11.1 Å². The van der Waals surface area contributed by atoms with Crippen molar-refractivity contribution in [1.29, 1.82) is 0 Å². The molecule has 0 aliphatic heterocycles. The quantitative estimate of drug-likeness (QED) is 0.535. The van der Waals surface area contributed by atoms with Gasteiger partial charge in [0.25, 0.3) is 11.8 Å². The van der Waals surface area contributed by atoms with Crippen molar-refractivity contribution in [1.82, 2.24) is 15.8 Å². The molecule has 0 saturated heterocycles. The standard InChI is InChI=1S/C22H17N3O3/c1-14-6-8-15(9-7-14)20-12-18(17-4-2-3-5-19(17)23-20)22(27)25-24-21(26)16-10-11-28-13-16/h2-13H,1H3,(H,24,26)(H,25,27). The molecule has 0 fully saturated rings. The molecular weight excluding hydrogens is 354 g/mol. The van der Waals surface area contributed by atoms with Crippen LogP contribution in [0.3, 0.4) is 0 Å². The maximum Gasteiger partial charge on any atom is 0.272 e. The van der Waals surface area contributed by atoms with Crippen LogP contribution in [0.1, 0.15) is 26.3 Å². The number of furan rings is 1. The third kappa shape index (κ3) is 3.48. The summed E-state index contributed by atoms with van der Waals surface area (Å²) in [4.78, 5) is 29.5. The molecule has 6 nitrogen and oxygen atoms in total. The molecule has 0 saturated carbocycles. The number of fused-ring (bicyclic) bond motifs is 1. The third-order valence-corrected chi connectivity index (χ3v) is 4.38. The molecule has 28 heavy (non-hydrogen) atoms. The molecule has 2 N–H and O–H groups in total. The average Bonchev–Trinajstić information content (AvgIpc) is 3.26. The van der Waals surface area contributed by atoms with E-state index in [0.29, 0.717) is 27.7 Å². The van der Waals surface area contributed by atoms with Crippen molar-refractivity contribution in [2.45, 2.75) is 6.92 Å². The smallest absolute Gasteiger partial charge is 0.272 e.